The first-order valence-corrected chi connectivity index (χ1v) is 8.56. The van der Waals surface area contributed by atoms with E-state index in [9.17, 15) is 0 Å². The van der Waals surface area contributed by atoms with Crippen LogP contribution in [-0.4, -0.2) is 68.3 Å². The molecule has 0 aromatic rings. The molecular formula is C16H31N3O. The standard InChI is InChI=1S/C16H31N3O/c17-12-16(6-4-10-20-14-16)13-18-9-5-15(11-18)19-7-2-1-3-8-19/h15H,1-14,17H2. The molecule has 0 aromatic carbocycles. The van der Waals surface area contributed by atoms with Crippen LogP contribution in [0.2, 0.25) is 0 Å². The fourth-order valence-electron chi connectivity index (χ4n) is 4.27. The van der Waals surface area contributed by atoms with Crippen LogP contribution in [0.15, 0.2) is 0 Å². The lowest BCUT2D eigenvalue weighted by molar-refractivity contribution is -0.0195. The molecule has 0 amide bonds. The van der Waals surface area contributed by atoms with Gasteiger partial charge < -0.3 is 15.4 Å². The average molecular weight is 281 g/mol. The van der Waals surface area contributed by atoms with E-state index in [1.807, 2.05) is 0 Å². The summed E-state index contributed by atoms with van der Waals surface area (Å²) >= 11 is 0. The average Bonchev–Trinajstić information content (AvgIpc) is 2.97. The SMILES string of the molecule is NCC1(CN2CCC(N3CCCCC3)C2)CCCOC1. The van der Waals surface area contributed by atoms with Crippen LogP contribution in [0, 0.1) is 5.41 Å². The van der Waals surface area contributed by atoms with Crippen LogP contribution in [0.25, 0.3) is 0 Å². The van der Waals surface area contributed by atoms with Crippen LogP contribution in [0.1, 0.15) is 38.5 Å². The first-order chi connectivity index (χ1) is 9.81. The zero-order chi connectivity index (χ0) is 13.8. The highest BCUT2D eigenvalue weighted by molar-refractivity contribution is 4.91. The molecule has 3 heterocycles. The number of nitrogens with two attached hydrogens (primary N) is 1. The van der Waals surface area contributed by atoms with Gasteiger partial charge in [0.2, 0.25) is 0 Å². The predicted octanol–water partition coefficient (Wildman–Crippen LogP) is 1.30. The monoisotopic (exact) mass is 281 g/mol. The summed E-state index contributed by atoms with van der Waals surface area (Å²) in [5, 5.41) is 0. The van der Waals surface area contributed by atoms with Crippen LogP contribution in [0.4, 0.5) is 0 Å². The van der Waals surface area contributed by atoms with Crippen molar-refractivity contribution >= 4 is 0 Å². The molecule has 2 atom stereocenters. The van der Waals surface area contributed by atoms with Crippen molar-refractivity contribution in [3.05, 3.63) is 0 Å². The lowest BCUT2D eigenvalue weighted by Gasteiger charge is -2.39. The zero-order valence-corrected chi connectivity index (χ0v) is 12.9. The number of ether oxygens (including phenoxy) is 1. The summed E-state index contributed by atoms with van der Waals surface area (Å²) in [6.45, 7) is 8.87. The Bertz CT molecular complexity index is 298. The van der Waals surface area contributed by atoms with E-state index in [4.69, 9.17) is 10.5 Å². The highest BCUT2D eigenvalue weighted by Crippen LogP contribution is 2.30. The van der Waals surface area contributed by atoms with Crippen LogP contribution in [-0.2, 0) is 4.74 Å². The minimum atomic E-state index is 0.231. The fraction of sp³-hybridized carbons (Fsp3) is 1.00. The molecule has 3 fully saturated rings. The van der Waals surface area contributed by atoms with E-state index >= 15 is 0 Å². The Morgan fingerprint density at radius 2 is 1.95 bits per heavy atom. The van der Waals surface area contributed by atoms with Gasteiger partial charge in [-0.2, -0.15) is 0 Å². The highest BCUT2D eigenvalue weighted by atomic mass is 16.5. The highest BCUT2D eigenvalue weighted by Gasteiger charge is 2.37. The van der Waals surface area contributed by atoms with E-state index in [1.165, 1.54) is 64.7 Å². The molecule has 2 N–H and O–H groups in total. The van der Waals surface area contributed by atoms with Crippen molar-refractivity contribution < 1.29 is 4.74 Å². The molecule has 3 aliphatic rings. The molecule has 0 aliphatic carbocycles. The Balaban J connectivity index is 1.51. The summed E-state index contributed by atoms with van der Waals surface area (Å²) < 4.78 is 5.71. The second-order valence-corrected chi connectivity index (χ2v) is 7.13. The van der Waals surface area contributed by atoms with Gasteiger partial charge in [0.1, 0.15) is 0 Å². The van der Waals surface area contributed by atoms with Crippen molar-refractivity contribution in [2.24, 2.45) is 11.1 Å². The molecule has 3 rings (SSSR count). The van der Waals surface area contributed by atoms with E-state index < -0.39 is 0 Å². The predicted molar refractivity (Wildman–Crippen MR) is 81.8 cm³/mol. The Morgan fingerprint density at radius 1 is 1.10 bits per heavy atom. The first-order valence-electron chi connectivity index (χ1n) is 8.56. The van der Waals surface area contributed by atoms with E-state index in [0.717, 1.165) is 32.3 Å². The normalized spacial score (nSPS) is 37.4. The van der Waals surface area contributed by atoms with E-state index in [0.29, 0.717) is 0 Å². The summed E-state index contributed by atoms with van der Waals surface area (Å²) in [7, 11) is 0. The third-order valence-corrected chi connectivity index (χ3v) is 5.55. The smallest absolute Gasteiger partial charge is 0.0546 e. The number of likely N-dealkylation sites (tertiary alicyclic amines) is 2. The Morgan fingerprint density at radius 3 is 2.65 bits per heavy atom. The lowest BCUT2D eigenvalue weighted by atomic mass is 9.82. The van der Waals surface area contributed by atoms with E-state index in [1.54, 1.807) is 0 Å². The maximum atomic E-state index is 6.08. The largest absolute Gasteiger partial charge is 0.381 e. The molecule has 3 saturated heterocycles. The molecule has 0 bridgehead atoms. The summed E-state index contributed by atoms with van der Waals surface area (Å²) in [6, 6.07) is 0.801. The molecule has 3 aliphatic heterocycles. The van der Waals surface area contributed by atoms with Gasteiger partial charge in [-0.15, -0.1) is 0 Å². The first kappa shape index (κ1) is 14.8. The lowest BCUT2D eigenvalue weighted by Crippen LogP contribution is -2.48. The van der Waals surface area contributed by atoms with Crippen LogP contribution < -0.4 is 5.73 Å². The Hall–Kier alpha value is -0.160. The molecule has 0 aromatic heterocycles. The van der Waals surface area contributed by atoms with Crippen LogP contribution in [0.3, 0.4) is 0 Å². The quantitative estimate of drug-likeness (QED) is 0.843. The summed E-state index contributed by atoms with van der Waals surface area (Å²) in [5.41, 5.74) is 6.31. The second kappa shape index (κ2) is 6.73. The van der Waals surface area contributed by atoms with E-state index in [-0.39, 0.29) is 5.41 Å². The molecule has 0 radical (unpaired) electrons. The van der Waals surface area contributed by atoms with Gasteiger partial charge in [0.25, 0.3) is 0 Å². The minimum absolute atomic E-state index is 0.231. The summed E-state index contributed by atoms with van der Waals surface area (Å²) in [6.07, 6.45) is 8.01. The number of rotatable bonds is 4. The van der Waals surface area contributed by atoms with Gasteiger partial charge in [-0.3, -0.25) is 4.90 Å². The van der Waals surface area contributed by atoms with Crippen molar-refractivity contribution in [1.82, 2.24) is 9.80 Å². The summed E-state index contributed by atoms with van der Waals surface area (Å²) in [5.74, 6) is 0. The Labute approximate surface area is 123 Å². The van der Waals surface area contributed by atoms with Crippen molar-refractivity contribution in [2.75, 3.05) is 52.5 Å². The molecular weight excluding hydrogens is 250 g/mol. The van der Waals surface area contributed by atoms with Crippen molar-refractivity contribution in [3.8, 4) is 0 Å². The van der Waals surface area contributed by atoms with Gasteiger partial charge in [-0.25, -0.2) is 0 Å². The number of hydrogen-bond donors (Lipinski definition) is 1. The van der Waals surface area contributed by atoms with Gasteiger partial charge in [0.15, 0.2) is 0 Å². The van der Waals surface area contributed by atoms with Crippen molar-refractivity contribution in [1.29, 1.82) is 0 Å². The van der Waals surface area contributed by atoms with E-state index in [2.05, 4.69) is 9.80 Å². The summed E-state index contributed by atoms with van der Waals surface area (Å²) in [4.78, 5) is 5.39. The van der Waals surface area contributed by atoms with Crippen molar-refractivity contribution in [3.63, 3.8) is 0 Å². The van der Waals surface area contributed by atoms with Gasteiger partial charge in [-0.05, 0) is 51.7 Å². The van der Waals surface area contributed by atoms with Gasteiger partial charge in [0, 0.05) is 37.7 Å². The molecule has 0 spiro atoms. The van der Waals surface area contributed by atoms with Gasteiger partial charge in [0.05, 0.1) is 6.61 Å². The van der Waals surface area contributed by atoms with Gasteiger partial charge in [-0.1, -0.05) is 6.42 Å². The zero-order valence-electron chi connectivity index (χ0n) is 12.9. The number of nitrogens with zero attached hydrogens (tertiary/aromatic N) is 2. The molecule has 0 saturated carbocycles. The third kappa shape index (κ3) is 3.35. The molecule has 2 unspecified atom stereocenters. The molecule has 20 heavy (non-hydrogen) atoms. The fourth-order valence-corrected chi connectivity index (χ4v) is 4.27. The number of piperidine rings is 1. The Kier molecular flexibility index (Phi) is 4.97. The van der Waals surface area contributed by atoms with Crippen LogP contribution >= 0.6 is 0 Å². The number of hydrogen-bond acceptors (Lipinski definition) is 4. The van der Waals surface area contributed by atoms with Crippen molar-refractivity contribution in [2.45, 2.75) is 44.6 Å². The van der Waals surface area contributed by atoms with Gasteiger partial charge >= 0.3 is 0 Å². The maximum absolute atomic E-state index is 6.08. The molecule has 116 valence electrons. The molecule has 4 heteroatoms. The topological polar surface area (TPSA) is 41.7 Å². The second-order valence-electron chi connectivity index (χ2n) is 7.13. The maximum Gasteiger partial charge on any atom is 0.0546 e. The molecule has 4 nitrogen and oxygen atoms in total. The minimum Gasteiger partial charge on any atom is -0.381 e. The van der Waals surface area contributed by atoms with Crippen LogP contribution in [0.5, 0.6) is 0 Å². The third-order valence-electron chi connectivity index (χ3n) is 5.55.